The summed E-state index contributed by atoms with van der Waals surface area (Å²) in [6.07, 6.45) is 4.57. The number of nitrogens with one attached hydrogen (secondary N) is 2. The maximum Gasteiger partial charge on any atom is 0.414 e. The van der Waals surface area contributed by atoms with Crippen LogP contribution in [0, 0.1) is 17.1 Å². The van der Waals surface area contributed by atoms with Crippen molar-refractivity contribution in [2.75, 3.05) is 19.7 Å². The Hall–Kier alpha value is -3.80. The molecule has 1 aliphatic heterocycles. The number of aromatic nitrogens is 2. The SMILES string of the molecule is N=C(N)NC(=O)OCc1cccc(-c2cnc(OCC3CCN(C(=O)C4(O)CC4)CC3)nc2)c1F. The second-order valence-corrected chi connectivity index (χ2v) is 8.73. The Morgan fingerprint density at radius 3 is 2.57 bits per heavy atom. The molecule has 1 aromatic heterocycles. The molecule has 1 aliphatic carbocycles. The molecule has 2 heterocycles. The first-order valence-corrected chi connectivity index (χ1v) is 11.3. The van der Waals surface area contributed by atoms with E-state index in [9.17, 15) is 19.1 Å². The van der Waals surface area contributed by atoms with Crippen LogP contribution in [0.4, 0.5) is 9.18 Å². The number of carbonyl (C=O) groups excluding carboxylic acids is 2. The highest BCUT2D eigenvalue weighted by Crippen LogP contribution is 2.37. The molecular formula is C23H27FN6O5. The number of piperidine rings is 1. The molecule has 1 aromatic carbocycles. The normalized spacial score (nSPS) is 16.9. The zero-order valence-electron chi connectivity index (χ0n) is 19.0. The van der Waals surface area contributed by atoms with Gasteiger partial charge in [-0.25, -0.2) is 19.2 Å². The van der Waals surface area contributed by atoms with E-state index in [-0.39, 0.29) is 35.6 Å². The second kappa shape index (κ2) is 10.2. The molecule has 2 amide bonds. The van der Waals surface area contributed by atoms with Crippen LogP contribution < -0.4 is 15.8 Å². The highest BCUT2D eigenvalue weighted by molar-refractivity contribution is 5.91. The number of amides is 2. The first-order valence-electron chi connectivity index (χ1n) is 11.3. The topological polar surface area (TPSA) is 164 Å². The maximum absolute atomic E-state index is 14.9. The predicted octanol–water partition coefficient (Wildman–Crippen LogP) is 1.54. The van der Waals surface area contributed by atoms with E-state index in [2.05, 4.69) is 9.97 Å². The van der Waals surface area contributed by atoms with Gasteiger partial charge in [0.15, 0.2) is 5.96 Å². The Kier molecular flexibility index (Phi) is 7.10. The third kappa shape index (κ3) is 6.01. The molecule has 2 fully saturated rings. The fraction of sp³-hybridized carbons (Fsp3) is 0.435. The molecule has 186 valence electrons. The van der Waals surface area contributed by atoms with Crippen molar-refractivity contribution in [2.24, 2.45) is 11.7 Å². The molecule has 0 spiro atoms. The number of halogens is 1. The van der Waals surface area contributed by atoms with Gasteiger partial charge in [0.25, 0.3) is 5.91 Å². The number of ether oxygens (including phenoxy) is 2. The Morgan fingerprint density at radius 2 is 1.94 bits per heavy atom. The van der Waals surface area contributed by atoms with Crippen LogP contribution in [-0.2, 0) is 16.1 Å². The van der Waals surface area contributed by atoms with E-state index in [1.165, 1.54) is 18.5 Å². The van der Waals surface area contributed by atoms with E-state index in [4.69, 9.17) is 20.6 Å². The Labute approximate surface area is 201 Å². The number of benzene rings is 1. The number of likely N-dealkylation sites (tertiary alicyclic amines) is 1. The van der Waals surface area contributed by atoms with E-state index in [0.29, 0.717) is 38.1 Å². The molecule has 1 saturated carbocycles. The molecule has 0 unspecified atom stereocenters. The van der Waals surface area contributed by atoms with Crippen molar-refractivity contribution in [3.63, 3.8) is 0 Å². The van der Waals surface area contributed by atoms with Crippen LogP contribution in [0.3, 0.4) is 0 Å². The number of nitrogens with zero attached hydrogens (tertiary/aromatic N) is 3. The first kappa shape index (κ1) is 24.3. The molecule has 1 saturated heterocycles. The smallest absolute Gasteiger partial charge is 0.414 e. The van der Waals surface area contributed by atoms with Crippen LogP contribution in [0.25, 0.3) is 11.1 Å². The zero-order valence-corrected chi connectivity index (χ0v) is 19.0. The summed E-state index contributed by atoms with van der Waals surface area (Å²) in [5, 5.41) is 18.9. The van der Waals surface area contributed by atoms with Crippen LogP contribution in [-0.4, -0.2) is 63.2 Å². The van der Waals surface area contributed by atoms with Gasteiger partial charge in [-0.1, -0.05) is 18.2 Å². The lowest BCUT2D eigenvalue weighted by atomic mass is 9.97. The molecule has 0 radical (unpaired) electrons. The molecule has 5 N–H and O–H groups in total. The number of rotatable bonds is 7. The van der Waals surface area contributed by atoms with Crippen molar-refractivity contribution in [1.82, 2.24) is 20.2 Å². The molecule has 4 rings (SSSR count). The van der Waals surface area contributed by atoms with Crippen molar-refractivity contribution in [1.29, 1.82) is 5.41 Å². The molecule has 2 aliphatic rings. The second-order valence-electron chi connectivity index (χ2n) is 8.73. The molecule has 11 nitrogen and oxygen atoms in total. The van der Waals surface area contributed by atoms with Crippen LogP contribution in [0.15, 0.2) is 30.6 Å². The van der Waals surface area contributed by atoms with Gasteiger partial charge in [0.1, 0.15) is 18.0 Å². The predicted molar refractivity (Wildman–Crippen MR) is 122 cm³/mol. The summed E-state index contributed by atoms with van der Waals surface area (Å²) in [5.74, 6) is -1.08. The van der Waals surface area contributed by atoms with E-state index >= 15 is 0 Å². The van der Waals surface area contributed by atoms with Gasteiger partial charge in [-0.15, -0.1) is 0 Å². The standard InChI is InChI=1S/C23H27FN6O5/c24-18-15(13-35-22(32)29-20(25)26)2-1-3-17(18)16-10-27-21(28-11-16)34-12-14-4-8-30(9-5-14)19(31)23(33)6-7-23/h1-3,10-11,14,33H,4-9,12-13H2,(H4,25,26,29,32). The lowest BCUT2D eigenvalue weighted by Crippen LogP contribution is -2.45. The summed E-state index contributed by atoms with van der Waals surface area (Å²) in [6, 6.07) is 4.81. The first-order chi connectivity index (χ1) is 16.7. The third-order valence-electron chi connectivity index (χ3n) is 6.08. The molecule has 0 atom stereocenters. The van der Waals surface area contributed by atoms with E-state index < -0.39 is 23.5 Å². The van der Waals surface area contributed by atoms with Gasteiger partial charge < -0.3 is 25.2 Å². The Bertz CT molecular complexity index is 1100. The number of hydrogen-bond acceptors (Lipinski definition) is 8. The largest absolute Gasteiger partial charge is 0.463 e. The fourth-order valence-electron chi connectivity index (χ4n) is 3.86. The van der Waals surface area contributed by atoms with Gasteiger partial charge in [0.05, 0.1) is 6.61 Å². The summed E-state index contributed by atoms with van der Waals surface area (Å²) in [6.45, 7) is 1.23. The minimum Gasteiger partial charge on any atom is -0.463 e. The van der Waals surface area contributed by atoms with Crippen molar-refractivity contribution < 1.29 is 28.6 Å². The summed E-state index contributed by atoms with van der Waals surface area (Å²) in [7, 11) is 0. The molecule has 2 aromatic rings. The van der Waals surface area contributed by atoms with Gasteiger partial charge in [-0.3, -0.25) is 15.5 Å². The quantitative estimate of drug-likeness (QED) is 0.338. The minimum atomic E-state index is -1.13. The van der Waals surface area contributed by atoms with Crippen molar-refractivity contribution in [2.45, 2.75) is 37.9 Å². The monoisotopic (exact) mass is 486 g/mol. The van der Waals surface area contributed by atoms with Gasteiger partial charge in [0.2, 0.25) is 0 Å². The summed E-state index contributed by atoms with van der Waals surface area (Å²) < 4.78 is 25.5. The van der Waals surface area contributed by atoms with E-state index in [1.54, 1.807) is 17.0 Å². The van der Waals surface area contributed by atoms with Crippen LogP contribution in [0.1, 0.15) is 31.2 Å². The number of nitrogens with two attached hydrogens (primary N) is 1. The Balaban J connectivity index is 1.28. The van der Waals surface area contributed by atoms with E-state index in [0.717, 1.165) is 12.8 Å². The number of guanidine groups is 1. The summed E-state index contributed by atoms with van der Waals surface area (Å²) in [5.41, 5.74) is 4.72. The van der Waals surface area contributed by atoms with Crippen LogP contribution >= 0.6 is 0 Å². The maximum atomic E-state index is 14.9. The molecule has 12 heteroatoms. The van der Waals surface area contributed by atoms with Gasteiger partial charge in [-0.05, 0) is 31.6 Å². The van der Waals surface area contributed by atoms with Gasteiger partial charge in [0, 0.05) is 42.2 Å². The lowest BCUT2D eigenvalue weighted by molar-refractivity contribution is -0.144. The van der Waals surface area contributed by atoms with Gasteiger partial charge >= 0.3 is 12.1 Å². The molecular weight excluding hydrogens is 459 g/mol. The lowest BCUT2D eigenvalue weighted by Gasteiger charge is -2.33. The third-order valence-corrected chi connectivity index (χ3v) is 6.08. The van der Waals surface area contributed by atoms with Crippen LogP contribution in [0.5, 0.6) is 6.01 Å². The summed E-state index contributed by atoms with van der Waals surface area (Å²) >= 11 is 0. The number of hydrogen-bond donors (Lipinski definition) is 4. The van der Waals surface area contributed by atoms with E-state index in [1.807, 2.05) is 5.32 Å². The minimum absolute atomic E-state index is 0.139. The summed E-state index contributed by atoms with van der Waals surface area (Å²) in [4.78, 5) is 33.7. The number of alkyl carbamates (subject to hydrolysis) is 1. The van der Waals surface area contributed by atoms with Crippen molar-refractivity contribution >= 4 is 18.0 Å². The molecule has 0 bridgehead atoms. The average Bonchev–Trinajstić information content (AvgIpc) is 3.60. The fourth-order valence-corrected chi connectivity index (χ4v) is 3.86. The number of carbonyl (C=O) groups is 2. The number of aliphatic hydroxyl groups is 1. The highest BCUT2D eigenvalue weighted by Gasteiger charge is 2.50. The van der Waals surface area contributed by atoms with Crippen LogP contribution in [0.2, 0.25) is 0 Å². The zero-order chi connectivity index (χ0) is 25.0. The Morgan fingerprint density at radius 1 is 1.26 bits per heavy atom. The average molecular weight is 487 g/mol. The molecule has 35 heavy (non-hydrogen) atoms. The highest BCUT2D eigenvalue weighted by atomic mass is 19.1. The van der Waals surface area contributed by atoms with Crippen molar-refractivity contribution in [3.05, 3.63) is 42.0 Å². The van der Waals surface area contributed by atoms with Gasteiger partial charge in [-0.2, -0.15) is 0 Å². The van der Waals surface area contributed by atoms with Crippen molar-refractivity contribution in [3.8, 4) is 17.1 Å².